The van der Waals surface area contributed by atoms with Crippen LogP contribution in [0.2, 0.25) is 0 Å². The summed E-state index contributed by atoms with van der Waals surface area (Å²) in [7, 11) is 0. The van der Waals surface area contributed by atoms with Crippen LogP contribution in [-0.4, -0.2) is 0 Å². The monoisotopic (exact) mass is 152 g/mol. The maximum atomic E-state index is 2.24. The Morgan fingerprint density at radius 2 is 1.82 bits per heavy atom. The minimum atomic E-state index is 0.695. The third kappa shape index (κ3) is 4.02. The first kappa shape index (κ1) is 10.5. The lowest BCUT2D eigenvalue weighted by Gasteiger charge is -2.08. The van der Waals surface area contributed by atoms with Crippen LogP contribution in [0.5, 0.6) is 0 Å². The van der Waals surface area contributed by atoms with Crippen LogP contribution in [0.3, 0.4) is 0 Å². The van der Waals surface area contributed by atoms with Gasteiger partial charge in [0, 0.05) is 0 Å². The van der Waals surface area contributed by atoms with Crippen molar-refractivity contribution in [1.82, 2.24) is 0 Å². The van der Waals surface area contributed by atoms with E-state index >= 15 is 0 Å². The van der Waals surface area contributed by atoms with Gasteiger partial charge in [0.05, 0.1) is 0 Å². The maximum Gasteiger partial charge on any atom is -0.0139 e. The second-order valence-corrected chi connectivity index (χ2v) is 3.39. The van der Waals surface area contributed by atoms with Gasteiger partial charge in [-0.15, -0.1) is 0 Å². The molecule has 0 radical (unpaired) electrons. The molecule has 0 unspecified atom stereocenters. The minimum Gasteiger partial charge on any atom is -0.0913 e. The van der Waals surface area contributed by atoms with Crippen LogP contribution in [0.4, 0.5) is 0 Å². The predicted octanol–water partition coefficient (Wildman–Crippen LogP) is 3.95. The van der Waals surface area contributed by atoms with Gasteiger partial charge in [0.25, 0.3) is 0 Å². The van der Waals surface area contributed by atoms with Gasteiger partial charge in [-0.3, -0.25) is 0 Å². The van der Waals surface area contributed by atoms with Crippen molar-refractivity contribution in [2.45, 2.75) is 41.0 Å². The molecular formula is C11H20. The molecule has 0 saturated carbocycles. The fourth-order valence-corrected chi connectivity index (χ4v) is 0.948. The van der Waals surface area contributed by atoms with E-state index in [1.54, 1.807) is 0 Å². The van der Waals surface area contributed by atoms with Crippen LogP contribution in [0, 0.1) is 5.92 Å². The molecule has 0 N–H and O–H groups in total. The van der Waals surface area contributed by atoms with Gasteiger partial charge in [0.2, 0.25) is 0 Å². The quantitative estimate of drug-likeness (QED) is 0.537. The topological polar surface area (TPSA) is 0 Å². The van der Waals surface area contributed by atoms with Crippen molar-refractivity contribution in [2.24, 2.45) is 5.92 Å². The molecular weight excluding hydrogens is 132 g/mol. The average molecular weight is 152 g/mol. The first-order valence-electron chi connectivity index (χ1n) is 4.37. The largest absolute Gasteiger partial charge is 0.0913 e. The molecule has 11 heavy (non-hydrogen) atoms. The summed E-state index contributed by atoms with van der Waals surface area (Å²) in [6.45, 7) is 11.0. The summed E-state index contributed by atoms with van der Waals surface area (Å²) in [5.74, 6) is 0.695. The summed E-state index contributed by atoms with van der Waals surface area (Å²) < 4.78 is 0. The summed E-state index contributed by atoms with van der Waals surface area (Å²) in [4.78, 5) is 0. The molecule has 0 heterocycles. The van der Waals surface area contributed by atoms with E-state index in [-0.39, 0.29) is 0 Å². The molecule has 0 heteroatoms. The van der Waals surface area contributed by atoms with Crippen LogP contribution < -0.4 is 0 Å². The van der Waals surface area contributed by atoms with Crippen LogP contribution in [0.25, 0.3) is 0 Å². The lowest BCUT2D eigenvalue weighted by atomic mass is 9.98. The highest BCUT2D eigenvalue weighted by Crippen LogP contribution is 2.16. The molecule has 0 rings (SSSR count). The fourth-order valence-electron chi connectivity index (χ4n) is 0.948. The molecule has 0 aromatic carbocycles. The van der Waals surface area contributed by atoms with Gasteiger partial charge >= 0.3 is 0 Å². The van der Waals surface area contributed by atoms with E-state index < -0.39 is 0 Å². The van der Waals surface area contributed by atoms with E-state index in [4.69, 9.17) is 0 Å². The van der Waals surface area contributed by atoms with Gasteiger partial charge in [-0.1, -0.05) is 37.1 Å². The first-order valence-corrected chi connectivity index (χ1v) is 4.37. The van der Waals surface area contributed by atoms with Gasteiger partial charge in [0.15, 0.2) is 0 Å². The Balaban J connectivity index is 4.16. The molecule has 0 fully saturated rings. The Hall–Kier alpha value is -0.520. The van der Waals surface area contributed by atoms with Crippen LogP contribution in [0.15, 0.2) is 23.3 Å². The number of allylic oxidation sites excluding steroid dienone is 4. The molecule has 0 atom stereocenters. The number of rotatable bonds is 3. The van der Waals surface area contributed by atoms with Crippen molar-refractivity contribution in [3.8, 4) is 0 Å². The molecule has 0 spiro atoms. The zero-order valence-corrected chi connectivity index (χ0v) is 8.44. The second kappa shape index (κ2) is 5.17. The predicted molar refractivity (Wildman–Crippen MR) is 52.6 cm³/mol. The maximum absolute atomic E-state index is 2.24. The van der Waals surface area contributed by atoms with E-state index in [1.165, 1.54) is 11.1 Å². The van der Waals surface area contributed by atoms with Crippen molar-refractivity contribution in [3.63, 3.8) is 0 Å². The van der Waals surface area contributed by atoms with Gasteiger partial charge in [-0.2, -0.15) is 0 Å². The second-order valence-electron chi connectivity index (χ2n) is 3.39. The molecule has 0 aromatic heterocycles. The van der Waals surface area contributed by atoms with Gasteiger partial charge in [-0.05, 0) is 33.1 Å². The van der Waals surface area contributed by atoms with Crippen LogP contribution >= 0.6 is 0 Å². The zero-order chi connectivity index (χ0) is 8.85. The first-order chi connectivity index (χ1) is 5.09. The Kier molecular flexibility index (Phi) is 4.93. The van der Waals surface area contributed by atoms with E-state index in [0.29, 0.717) is 5.92 Å². The third-order valence-electron chi connectivity index (χ3n) is 2.20. The third-order valence-corrected chi connectivity index (χ3v) is 2.20. The summed E-state index contributed by atoms with van der Waals surface area (Å²) >= 11 is 0. The zero-order valence-electron chi connectivity index (χ0n) is 8.44. The SMILES string of the molecule is CC=CCC(C)=C(C)C(C)C. The van der Waals surface area contributed by atoms with Crippen LogP contribution in [-0.2, 0) is 0 Å². The molecule has 64 valence electrons. The molecule has 0 nitrogen and oxygen atoms in total. The summed E-state index contributed by atoms with van der Waals surface area (Å²) in [6.07, 6.45) is 5.43. The average Bonchev–Trinajstić information content (AvgIpc) is 1.98. The lowest BCUT2D eigenvalue weighted by Crippen LogP contribution is -1.92. The normalized spacial score (nSPS) is 14.4. The van der Waals surface area contributed by atoms with E-state index in [0.717, 1.165) is 6.42 Å². The number of hydrogen-bond acceptors (Lipinski definition) is 0. The summed E-state index contributed by atoms with van der Waals surface area (Å²) in [5, 5.41) is 0. The number of hydrogen-bond donors (Lipinski definition) is 0. The Bertz CT molecular complexity index is 159. The minimum absolute atomic E-state index is 0.695. The van der Waals surface area contributed by atoms with Crippen molar-refractivity contribution < 1.29 is 0 Å². The molecule has 0 amide bonds. The highest BCUT2D eigenvalue weighted by molar-refractivity contribution is 5.14. The fraction of sp³-hybridized carbons (Fsp3) is 0.636. The summed E-state index contributed by atoms with van der Waals surface area (Å²) in [5.41, 5.74) is 3.04. The molecule has 0 aliphatic heterocycles. The Morgan fingerprint density at radius 3 is 2.18 bits per heavy atom. The van der Waals surface area contributed by atoms with E-state index in [9.17, 15) is 0 Å². The molecule has 0 saturated heterocycles. The molecule has 0 aliphatic carbocycles. The summed E-state index contributed by atoms with van der Waals surface area (Å²) in [6, 6.07) is 0. The smallest absolute Gasteiger partial charge is 0.0139 e. The van der Waals surface area contributed by atoms with Crippen molar-refractivity contribution in [3.05, 3.63) is 23.3 Å². The van der Waals surface area contributed by atoms with Crippen molar-refractivity contribution >= 4 is 0 Å². The molecule has 0 aliphatic rings. The van der Waals surface area contributed by atoms with Gasteiger partial charge < -0.3 is 0 Å². The van der Waals surface area contributed by atoms with Crippen LogP contribution in [0.1, 0.15) is 41.0 Å². The lowest BCUT2D eigenvalue weighted by molar-refractivity contribution is 0.752. The highest BCUT2D eigenvalue weighted by Gasteiger charge is 1.99. The van der Waals surface area contributed by atoms with Gasteiger partial charge in [0.1, 0.15) is 0 Å². The molecule has 0 bridgehead atoms. The Morgan fingerprint density at radius 1 is 1.27 bits per heavy atom. The van der Waals surface area contributed by atoms with Crippen molar-refractivity contribution in [1.29, 1.82) is 0 Å². The molecule has 0 aromatic rings. The Labute approximate surface area is 71.0 Å². The van der Waals surface area contributed by atoms with E-state index in [1.807, 2.05) is 0 Å². The standard InChI is InChI=1S/C11H20/c1-6-7-8-10(4)11(5)9(2)3/h6-7,9H,8H2,1-5H3. The highest BCUT2D eigenvalue weighted by atomic mass is 14.0. The van der Waals surface area contributed by atoms with E-state index in [2.05, 4.69) is 46.8 Å². The van der Waals surface area contributed by atoms with Gasteiger partial charge in [-0.25, -0.2) is 0 Å². The van der Waals surface area contributed by atoms with Crippen molar-refractivity contribution in [2.75, 3.05) is 0 Å².